The fourth-order valence-electron chi connectivity index (χ4n) is 4.80. The number of hydrogen-bond acceptors (Lipinski definition) is 3. The Bertz CT molecular complexity index is 1220. The van der Waals surface area contributed by atoms with Gasteiger partial charge in [0.2, 0.25) is 5.91 Å². The summed E-state index contributed by atoms with van der Waals surface area (Å²) in [6.07, 6.45) is 1.38. The molecule has 35 heavy (non-hydrogen) atoms. The molecular weight excluding hydrogens is 460 g/mol. The van der Waals surface area contributed by atoms with E-state index in [0.717, 1.165) is 47.2 Å². The van der Waals surface area contributed by atoms with E-state index in [4.69, 9.17) is 11.6 Å². The Labute approximate surface area is 212 Å². The minimum atomic E-state index is -0.0581. The molecule has 186 valence electrons. The number of para-hydroxylation sites is 2. The van der Waals surface area contributed by atoms with Gasteiger partial charge in [-0.15, -0.1) is 0 Å². The zero-order valence-corrected chi connectivity index (χ0v) is 21.9. The van der Waals surface area contributed by atoms with Crippen molar-refractivity contribution >= 4 is 40.0 Å². The van der Waals surface area contributed by atoms with Crippen LogP contribution in [0.15, 0.2) is 42.5 Å². The summed E-state index contributed by atoms with van der Waals surface area (Å²) in [7, 11) is 2.07. The van der Waals surface area contributed by atoms with Gasteiger partial charge in [0.05, 0.1) is 10.5 Å². The van der Waals surface area contributed by atoms with E-state index in [1.807, 2.05) is 59.2 Å². The van der Waals surface area contributed by atoms with Crippen LogP contribution in [-0.2, 0) is 11.3 Å². The van der Waals surface area contributed by atoms with Crippen LogP contribution >= 0.6 is 11.6 Å². The van der Waals surface area contributed by atoms with Crippen molar-refractivity contribution in [2.75, 3.05) is 38.1 Å². The van der Waals surface area contributed by atoms with E-state index < -0.39 is 0 Å². The molecule has 0 saturated heterocycles. The van der Waals surface area contributed by atoms with Gasteiger partial charge in [0.25, 0.3) is 5.91 Å². The summed E-state index contributed by atoms with van der Waals surface area (Å²) in [5.41, 5.74) is 4.13. The lowest BCUT2D eigenvalue weighted by Crippen LogP contribution is -2.37. The molecule has 0 atom stereocenters. The molecule has 0 bridgehead atoms. The second kappa shape index (κ2) is 10.8. The SMILES string of the molecule is Cc1c(C(=O)N2CCN(C)CCCN(C(=O)CC(C)C)c3ccccc3C2)[nH]c2c(Cl)cccc12. The van der Waals surface area contributed by atoms with E-state index in [2.05, 4.69) is 30.8 Å². The predicted octanol–water partition coefficient (Wildman–Crippen LogP) is 5.49. The number of halogens is 1. The number of aromatic amines is 1. The van der Waals surface area contributed by atoms with Crippen molar-refractivity contribution in [3.63, 3.8) is 0 Å². The van der Waals surface area contributed by atoms with Crippen molar-refractivity contribution in [3.8, 4) is 0 Å². The third-order valence-electron chi connectivity index (χ3n) is 6.74. The molecule has 1 aromatic heterocycles. The summed E-state index contributed by atoms with van der Waals surface area (Å²) < 4.78 is 0. The third kappa shape index (κ3) is 5.54. The number of fused-ring (bicyclic) bond motifs is 2. The summed E-state index contributed by atoms with van der Waals surface area (Å²) in [5.74, 6) is 0.357. The minimum absolute atomic E-state index is 0.0581. The van der Waals surface area contributed by atoms with Crippen molar-refractivity contribution in [2.24, 2.45) is 5.92 Å². The van der Waals surface area contributed by atoms with E-state index in [-0.39, 0.29) is 17.7 Å². The number of aromatic nitrogens is 1. The Balaban J connectivity index is 1.73. The molecule has 0 saturated carbocycles. The number of hydrogen-bond donors (Lipinski definition) is 1. The second-order valence-corrected chi connectivity index (χ2v) is 10.4. The smallest absolute Gasteiger partial charge is 0.270 e. The summed E-state index contributed by atoms with van der Waals surface area (Å²) in [5, 5.41) is 1.56. The van der Waals surface area contributed by atoms with Crippen LogP contribution in [0.2, 0.25) is 5.02 Å². The molecule has 1 N–H and O–H groups in total. The van der Waals surface area contributed by atoms with Crippen LogP contribution in [0.5, 0.6) is 0 Å². The molecule has 0 spiro atoms. The molecule has 0 radical (unpaired) electrons. The zero-order chi connectivity index (χ0) is 25.1. The van der Waals surface area contributed by atoms with E-state index in [1.54, 1.807) is 0 Å². The Hall–Kier alpha value is -2.83. The molecular formula is C28H35ClN4O2. The second-order valence-electron chi connectivity index (χ2n) is 9.94. The van der Waals surface area contributed by atoms with Crippen LogP contribution in [0, 0.1) is 12.8 Å². The van der Waals surface area contributed by atoms with Gasteiger partial charge >= 0.3 is 0 Å². The first-order chi connectivity index (χ1) is 16.8. The quantitative estimate of drug-likeness (QED) is 0.524. The largest absolute Gasteiger partial charge is 0.349 e. The standard InChI is InChI=1S/C28H35ClN4O2/c1-19(2)17-25(34)33-14-8-13-31(4)15-16-32(18-21-9-5-6-12-24(21)33)28(35)26-20(3)22-10-7-11-23(29)27(22)30-26/h5-7,9-12,19,30H,8,13-18H2,1-4H3. The maximum atomic E-state index is 13.9. The van der Waals surface area contributed by atoms with Gasteiger partial charge < -0.3 is 19.7 Å². The maximum absolute atomic E-state index is 13.9. The van der Waals surface area contributed by atoms with Crippen molar-refractivity contribution in [3.05, 3.63) is 64.3 Å². The average molecular weight is 495 g/mol. The van der Waals surface area contributed by atoms with Gasteiger partial charge in [-0.2, -0.15) is 0 Å². The number of nitrogens with zero attached hydrogens (tertiary/aromatic N) is 3. The van der Waals surface area contributed by atoms with Gasteiger partial charge in [-0.1, -0.05) is 55.8 Å². The summed E-state index contributed by atoms with van der Waals surface area (Å²) in [4.78, 5) is 36.4. The van der Waals surface area contributed by atoms with E-state index in [9.17, 15) is 9.59 Å². The van der Waals surface area contributed by atoms with Crippen molar-refractivity contribution in [1.29, 1.82) is 0 Å². The first-order valence-electron chi connectivity index (χ1n) is 12.4. The molecule has 7 heteroatoms. The highest BCUT2D eigenvalue weighted by atomic mass is 35.5. The predicted molar refractivity (Wildman–Crippen MR) is 143 cm³/mol. The number of benzene rings is 2. The monoisotopic (exact) mass is 494 g/mol. The third-order valence-corrected chi connectivity index (χ3v) is 7.06. The molecule has 2 aromatic carbocycles. The molecule has 0 aliphatic carbocycles. The molecule has 2 heterocycles. The summed E-state index contributed by atoms with van der Waals surface area (Å²) in [6.45, 7) is 9.40. The van der Waals surface area contributed by atoms with Gasteiger partial charge in [-0.05, 0) is 56.1 Å². The Morgan fingerprint density at radius 3 is 2.54 bits per heavy atom. The van der Waals surface area contributed by atoms with Crippen LogP contribution in [-0.4, -0.2) is 59.8 Å². The maximum Gasteiger partial charge on any atom is 0.270 e. The van der Waals surface area contributed by atoms with Crippen LogP contribution < -0.4 is 4.90 Å². The first kappa shape index (κ1) is 25.3. The molecule has 6 nitrogen and oxygen atoms in total. The Kier molecular flexibility index (Phi) is 7.82. The first-order valence-corrected chi connectivity index (χ1v) is 12.8. The van der Waals surface area contributed by atoms with Crippen LogP contribution in [0.3, 0.4) is 0 Å². The average Bonchev–Trinajstić information content (AvgIpc) is 3.15. The number of carbonyl (C=O) groups excluding carboxylic acids is 2. The fraction of sp³-hybridized carbons (Fsp3) is 0.429. The van der Waals surface area contributed by atoms with E-state index in [0.29, 0.717) is 36.8 Å². The molecule has 0 fully saturated rings. The number of amides is 2. The van der Waals surface area contributed by atoms with Crippen molar-refractivity contribution in [2.45, 2.75) is 40.2 Å². The lowest BCUT2D eigenvalue weighted by Gasteiger charge is -2.28. The minimum Gasteiger partial charge on any atom is -0.349 e. The van der Waals surface area contributed by atoms with Crippen LogP contribution in [0.25, 0.3) is 10.9 Å². The topological polar surface area (TPSA) is 59.7 Å². The molecule has 2 amide bonds. The number of aryl methyl sites for hydroxylation is 1. The fourth-order valence-corrected chi connectivity index (χ4v) is 5.02. The number of nitrogens with one attached hydrogen (secondary N) is 1. The number of H-pyrrole nitrogens is 1. The Morgan fingerprint density at radius 2 is 1.80 bits per heavy atom. The number of anilines is 1. The van der Waals surface area contributed by atoms with Crippen LogP contribution in [0.1, 0.15) is 48.3 Å². The molecule has 4 rings (SSSR count). The summed E-state index contributed by atoms with van der Waals surface area (Å²) in [6, 6.07) is 13.7. The van der Waals surface area contributed by atoms with Gasteiger partial charge in [-0.3, -0.25) is 9.59 Å². The highest BCUT2D eigenvalue weighted by Crippen LogP contribution is 2.30. The zero-order valence-electron chi connectivity index (χ0n) is 21.1. The van der Waals surface area contributed by atoms with Gasteiger partial charge in [0, 0.05) is 43.7 Å². The highest BCUT2D eigenvalue weighted by Gasteiger charge is 2.26. The summed E-state index contributed by atoms with van der Waals surface area (Å²) >= 11 is 6.41. The lowest BCUT2D eigenvalue weighted by molar-refractivity contribution is -0.119. The number of likely N-dealkylation sites (N-methyl/N-ethyl adjacent to an activating group) is 1. The van der Waals surface area contributed by atoms with Gasteiger partial charge in [0.1, 0.15) is 5.69 Å². The van der Waals surface area contributed by atoms with Gasteiger partial charge in [0.15, 0.2) is 0 Å². The van der Waals surface area contributed by atoms with E-state index >= 15 is 0 Å². The van der Waals surface area contributed by atoms with E-state index in [1.165, 1.54) is 0 Å². The van der Waals surface area contributed by atoms with Crippen molar-refractivity contribution < 1.29 is 9.59 Å². The van der Waals surface area contributed by atoms with Gasteiger partial charge in [-0.25, -0.2) is 0 Å². The molecule has 3 aromatic rings. The molecule has 0 unspecified atom stereocenters. The van der Waals surface area contributed by atoms with Crippen molar-refractivity contribution in [1.82, 2.24) is 14.8 Å². The molecule has 1 aliphatic heterocycles. The van der Waals surface area contributed by atoms with Crippen LogP contribution in [0.4, 0.5) is 5.69 Å². The Morgan fingerprint density at radius 1 is 1.03 bits per heavy atom. The number of carbonyl (C=O) groups is 2. The lowest BCUT2D eigenvalue weighted by atomic mass is 10.1. The molecule has 1 aliphatic rings. The normalized spacial score (nSPS) is 15.8. The number of rotatable bonds is 3. The highest BCUT2D eigenvalue weighted by molar-refractivity contribution is 6.35.